The Hall–Kier alpha value is -3.34. The van der Waals surface area contributed by atoms with Gasteiger partial charge in [0.1, 0.15) is 18.9 Å². The van der Waals surface area contributed by atoms with Gasteiger partial charge in [0.05, 0.1) is 18.0 Å². The van der Waals surface area contributed by atoms with Gasteiger partial charge in [0.25, 0.3) is 0 Å². The summed E-state index contributed by atoms with van der Waals surface area (Å²) in [7, 11) is 0. The topological polar surface area (TPSA) is 74.8 Å². The Kier molecular flexibility index (Phi) is 7.03. The lowest BCUT2D eigenvalue weighted by Crippen LogP contribution is -2.44. The van der Waals surface area contributed by atoms with Gasteiger partial charge in [0.2, 0.25) is 0 Å². The number of hydrogen-bond donors (Lipinski definition) is 0. The first-order valence-electron chi connectivity index (χ1n) is 12.5. The van der Waals surface area contributed by atoms with Crippen LogP contribution in [0.3, 0.4) is 0 Å². The summed E-state index contributed by atoms with van der Waals surface area (Å²) in [6, 6.07) is 20.8. The lowest BCUT2D eigenvalue weighted by molar-refractivity contribution is 0.151. The number of nitriles is 1. The normalized spacial score (nSPS) is 17.3. The number of ether oxygens (including phenoxy) is 2. The first-order valence-corrected chi connectivity index (χ1v) is 12.5. The van der Waals surface area contributed by atoms with E-state index >= 15 is 0 Å². The Bertz CT molecular complexity index is 1160. The molecule has 1 fully saturated rings. The molecule has 0 atom stereocenters. The van der Waals surface area contributed by atoms with E-state index in [-0.39, 0.29) is 5.41 Å². The van der Waals surface area contributed by atoms with E-state index in [0.717, 1.165) is 79.6 Å². The number of benzene rings is 2. The molecular weight excluding hydrogens is 440 g/mol. The largest absolute Gasteiger partial charge is 0.486 e. The number of hydrogen-bond acceptors (Lipinski definition) is 7. The molecule has 5 rings (SSSR count). The molecule has 0 radical (unpaired) electrons. The van der Waals surface area contributed by atoms with Crippen LogP contribution in [0.5, 0.6) is 11.5 Å². The number of aromatic nitrogens is 1. The number of nitrogens with zero attached hydrogens (tertiary/aromatic N) is 4. The molecule has 0 unspecified atom stereocenters. The molecule has 0 saturated carbocycles. The van der Waals surface area contributed by atoms with Crippen molar-refractivity contribution in [1.82, 2.24) is 15.0 Å². The highest BCUT2D eigenvalue weighted by atomic mass is 16.6. The van der Waals surface area contributed by atoms with Crippen molar-refractivity contribution in [2.75, 3.05) is 45.9 Å². The zero-order valence-corrected chi connectivity index (χ0v) is 20.3. The molecule has 0 spiro atoms. The maximum atomic E-state index is 9.94. The van der Waals surface area contributed by atoms with E-state index in [4.69, 9.17) is 14.0 Å². The minimum absolute atomic E-state index is 0.355. The van der Waals surface area contributed by atoms with Gasteiger partial charge in [-0.15, -0.1) is 0 Å². The first kappa shape index (κ1) is 23.4. The van der Waals surface area contributed by atoms with Crippen molar-refractivity contribution < 1.29 is 14.0 Å². The molecule has 1 saturated heterocycles. The van der Waals surface area contributed by atoms with E-state index in [1.807, 2.05) is 42.5 Å². The summed E-state index contributed by atoms with van der Waals surface area (Å²) >= 11 is 0. The SMILES string of the molecule is CCN(CCN1CCC(C#N)(c2ccccc2)CC1)Cc1cc(-c2ccc3c(c2)OCCO3)no1. The number of likely N-dealkylation sites (N-methyl/N-ethyl adjacent to an activating group) is 1. The van der Waals surface area contributed by atoms with Crippen LogP contribution in [0.1, 0.15) is 31.1 Å². The van der Waals surface area contributed by atoms with Crippen molar-refractivity contribution in [3.63, 3.8) is 0 Å². The van der Waals surface area contributed by atoms with Gasteiger partial charge in [-0.1, -0.05) is 42.4 Å². The Balaban J connectivity index is 1.15. The van der Waals surface area contributed by atoms with Crippen molar-refractivity contribution >= 4 is 0 Å². The van der Waals surface area contributed by atoms with Crippen LogP contribution in [-0.4, -0.2) is 60.9 Å². The lowest BCUT2D eigenvalue weighted by Gasteiger charge is -2.38. The van der Waals surface area contributed by atoms with Crippen LogP contribution in [0, 0.1) is 11.3 Å². The van der Waals surface area contributed by atoms with Gasteiger partial charge in [0, 0.05) is 37.8 Å². The maximum Gasteiger partial charge on any atom is 0.162 e. The van der Waals surface area contributed by atoms with Crippen LogP contribution < -0.4 is 9.47 Å². The highest BCUT2D eigenvalue weighted by molar-refractivity contribution is 5.64. The number of rotatable bonds is 8. The second-order valence-electron chi connectivity index (χ2n) is 9.31. The third kappa shape index (κ3) is 5.19. The van der Waals surface area contributed by atoms with Crippen molar-refractivity contribution in [2.24, 2.45) is 0 Å². The maximum absolute atomic E-state index is 9.94. The molecule has 7 heteroatoms. The standard InChI is InChI=1S/C28H32N4O3/c1-2-31(14-15-32-12-10-28(21-29,11-13-32)23-6-4-3-5-7-23)20-24-19-25(30-35-24)22-8-9-26-27(18-22)34-17-16-33-26/h3-9,18-19H,2,10-17,20H2,1H3. The molecule has 0 N–H and O–H groups in total. The van der Waals surface area contributed by atoms with Gasteiger partial charge in [0.15, 0.2) is 17.3 Å². The van der Waals surface area contributed by atoms with E-state index in [1.165, 1.54) is 0 Å². The molecular formula is C28H32N4O3. The molecule has 2 aliphatic rings. The zero-order chi connectivity index (χ0) is 24.1. The van der Waals surface area contributed by atoms with Crippen LogP contribution >= 0.6 is 0 Å². The molecule has 3 aromatic rings. The molecule has 1 aromatic heterocycles. The summed E-state index contributed by atoms with van der Waals surface area (Å²) < 4.78 is 17.0. The van der Waals surface area contributed by atoms with Gasteiger partial charge >= 0.3 is 0 Å². The van der Waals surface area contributed by atoms with Gasteiger partial charge < -0.3 is 18.9 Å². The van der Waals surface area contributed by atoms with E-state index in [2.05, 4.69) is 40.1 Å². The van der Waals surface area contributed by atoms with E-state index in [0.29, 0.717) is 19.8 Å². The van der Waals surface area contributed by atoms with Crippen LogP contribution in [0.2, 0.25) is 0 Å². The smallest absolute Gasteiger partial charge is 0.162 e. The Morgan fingerprint density at radius 1 is 1.03 bits per heavy atom. The zero-order valence-electron chi connectivity index (χ0n) is 20.3. The van der Waals surface area contributed by atoms with Crippen molar-refractivity contribution in [3.05, 3.63) is 65.9 Å². The fourth-order valence-electron chi connectivity index (χ4n) is 4.96. The second-order valence-corrected chi connectivity index (χ2v) is 9.31. The highest BCUT2D eigenvalue weighted by Gasteiger charge is 2.36. The van der Waals surface area contributed by atoms with Gasteiger partial charge in [-0.3, -0.25) is 4.90 Å². The van der Waals surface area contributed by atoms with Gasteiger partial charge in [-0.05, 0) is 43.1 Å². The Morgan fingerprint density at radius 3 is 2.54 bits per heavy atom. The molecule has 7 nitrogen and oxygen atoms in total. The first-order chi connectivity index (χ1) is 17.2. The summed E-state index contributed by atoms with van der Waals surface area (Å²) in [6.07, 6.45) is 1.75. The third-order valence-electron chi connectivity index (χ3n) is 7.21. The predicted molar refractivity (Wildman–Crippen MR) is 133 cm³/mol. The summed E-state index contributed by atoms with van der Waals surface area (Å²) in [5, 5.41) is 14.2. The van der Waals surface area contributed by atoms with Crippen LogP contribution in [0.4, 0.5) is 0 Å². The number of likely N-dealkylation sites (tertiary alicyclic amines) is 1. The third-order valence-corrected chi connectivity index (χ3v) is 7.21. The van der Waals surface area contributed by atoms with Crippen LogP contribution in [-0.2, 0) is 12.0 Å². The molecule has 2 aromatic carbocycles. The van der Waals surface area contributed by atoms with E-state index in [1.54, 1.807) is 0 Å². The van der Waals surface area contributed by atoms with E-state index < -0.39 is 0 Å². The van der Waals surface area contributed by atoms with Crippen LogP contribution in [0.25, 0.3) is 11.3 Å². The lowest BCUT2D eigenvalue weighted by atomic mass is 9.74. The summed E-state index contributed by atoms with van der Waals surface area (Å²) in [4.78, 5) is 4.85. The quantitative estimate of drug-likeness (QED) is 0.478. The highest BCUT2D eigenvalue weighted by Crippen LogP contribution is 2.35. The van der Waals surface area contributed by atoms with Crippen molar-refractivity contribution in [1.29, 1.82) is 5.26 Å². The minimum atomic E-state index is -0.355. The average Bonchev–Trinajstić information content (AvgIpc) is 3.40. The monoisotopic (exact) mass is 472 g/mol. The Morgan fingerprint density at radius 2 is 1.80 bits per heavy atom. The number of piperidine rings is 1. The molecule has 2 aliphatic heterocycles. The second kappa shape index (κ2) is 10.5. The molecule has 0 bridgehead atoms. The van der Waals surface area contributed by atoms with E-state index in [9.17, 15) is 5.26 Å². The van der Waals surface area contributed by atoms with Gasteiger partial charge in [-0.25, -0.2) is 0 Å². The van der Waals surface area contributed by atoms with Crippen LogP contribution in [0.15, 0.2) is 59.1 Å². The fraction of sp³-hybridized carbons (Fsp3) is 0.429. The molecule has 35 heavy (non-hydrogen) atoms. The summed E-state index contributed by atoms with van der Waals surface area (Å²) in [5.74, 6) is 2.38. The molecule has 0 aliphatic carbocycles. The molecule has 3 heterocycles. The number of fused-ring (bicyclic) bond motifs is 1. The predicted octanol–water partition coefficient (Wildman–Crippen LogP) is 4.49. The molecule has 0 amide bonds. The Labute approximate surface area is 206 Å². The average molecular weight is 473 g/mol. The summed E-state index contributed by atoms with van der Waals surface area (Å²) in [6.45, 7) is 8.77. The van der Waals surface area contributed by atoms with Crippen molar-refractivity contribution in [3.8, 4) is 28.8 Å². The van der Waals surface area contributed by atoms with Crippen molar-refractivity contribution in [2.45, 2.75) is 31.7 Å². The summed E-state index contributed by atoms with van der Waals surface area (Å²) in [5.41, 5.74) is 2.56. The fourth-order valence-corrected chi connectivity index (χ4v) is 4.96. The van der Waals surface area contributed by atoms with Gasteiger partial charge in [-0.2, -0.15) is 5.26 Å². The minimum Gasteiger partial charge on any atom is -0.486 e. The molecule has 182 valence electrons.